The molecule has 0 aliphatic carbocycles. The number of halogens is 2. The third kappa shape index (κ3) is 4.66. The van der Waals surface area contributed by atoms with Crippen LogP contribution < -0.4 is 14.4 Å². The van der Waals surface area contributed by atoms with Gasteiger partial charge in [0.05, 0.1) is 4.90 Å². The molecule has 2 aromatic rings. The van der Waals surface area contributed by atoms with Gasteiger partial charge < -0.3 is 9.64 Å². The first-order valence-electron chi connectivity index (χ1n) is 8.71. The van der Waals surface area contributed by atoms with Crippen molar-refractivity contribution < 1.29 is 26.7 Å². The Hall–Kier alpha value is -2.52. The predicted octanol–water partition coefficient (Wildman–Crippen LogP) is 3.07. The van der Waals surface area contributed by atoms with E-state index in [1.165, 1.54) is 37.3 Å². The number of hydrogen-bond acceptors (Lipinski definition) is 4. The van der Waals surface area contributed by atoms with Crippen molar-refractivity contribution in [1.29, 1.82) is 0 Å². The lowest BCUT2D eigenvalue weighted by Gasteiger charge is -2.28. The summed E-state index contributed by atoms with van der Waals surface area (Å²) in [6, 6.07) is 10.4. The Morgan fingerprint density at radius 2 is 1.93 bits per heavy atom. The Balaban J connectivity index is 1.72. The summed E-state index contributed by atoms with van der Waals surface area (Å²) in [6.07, 6.45) is 1.48. The third-order valence-electron chi connectivity index (χ3n) is 4.47. The molecule has 0 atom stereocenters. The van der Waals surface area contributed by atoms with Crippen molar-refractivity contribution in [2.45, 2.75) is 37.8 Å². The fourth-order valence-electron chi connectivity index (χ4n) is 3.12. The van der Waals surface area contributed by atoms with E-state index in [2.05, 4.69) is 9.46 Å². The molecule has 1 N–H and O–H groups in total. The highest BCUT2D eigenvalue weighted by atomic mass is 32.2. The molecule has 0 fully saturated rings. The molecule has 28 heavy (non-hydrogen) atoms. The van der Waals surface area contributed by atoms with Gasteiger partial charge in [-0.2, -0.15) is 8.78 Å². The summed E-state index contributed by atoms with van der Waals surface area (Å²) in [5.74, 6) is -0.0692. The first kappa shape index (κ1) is 20.2. The number of anilines is 1. The summed E-state index contributed by atoms with van der Waals surface area (Å²) < 4.78 is 56.3. The van der Waals surface area contributed by atoms with Crippen LogP contribution in [0.25, 0.3) is 0 Å². The van der Waals surface area contributed by atoms with Crippen LogP contribution in [0.2, 0.25) is 0 Å². The quantitative estimate of drug-likeness (QED) is 0.794. The van der Waals surface area contributed by atoms with E-state index in [4.69, 9.17) is 0 Å². The Morgan fingerprint density at radius 3 is 2.57 bits per heavy atom. The molecule has 0 radical (unpaired) electrons. The molecule has 0 bridgehead atoms. The second-order valence-electron chi connectivity index (χ2n) is 6.41. The van der Waals surface area contributed by atoms with E-state index in [1.54, 1.807) is 17.0 Å². The van der Waals surface area contributed by atoms with E-state index in [0.717, 1.165) is 17.7 Å². The number of sulfonamides is 1. The van der Waals surface area contributed by atoms with Gasteiger partial charge in [-0.05, 0) is 54.3 Å². The minimum absolute atomic E-state index is 0.00585. The number of carbonyl (C=O) groups is 1. The lowest BCUT2D eigenvalue weighted by Crippen LogP contribution is -2.33. The van der Waals surface area contributed by atoms with Gasteiger partial charge in [0.2, 0.25) is 15.9 Å². The van der Waals surface area contributed by atoms with Crippen LogP contribution in [0.1, 0.15) is 24.5 Å². The fraction of sp³-hybridized carbons (Fsp3) is 0.316. The van der Waals surface area contributed by atoms with Crippen molar-refractivity contribution in [1.82, 2.24) is 4.72 Å². The fourth-order valence-corrected chi connectivity index (χ4v) is 4.19. The maximum absolute atomic E-state index is 12.6. The van der Waals surface area contributed by atoms with Crippen molar-refractivity contribution in [3.63, 3.8) is 0 Å². The van der Waals surface area contributed by atoms with Gasteiger partial charge in [0.15, 0.2) is 0 Å². The van der Waals surface area contributed by atoms with Gasteiger partial charge in [0.25, 0.3) is 0 Å². The van der Waals surface area contributed by atoms with Gasteiger partial charge in [-0.3, -0.25) is 4.79 Å². The maximum Gasteiger partial charge on any atom is 0.387 e. The molecule has 2 aromatic carbocycles. The monoisotopic (exact) mass is 410 g/mol. The van der Waals surface area contributed by atoms with Crippen LogP contribution in [-0.4, -0.2) is 27.5 Å². The van der Waals surface area contributed by atoms with Crippen molar-refractivity contribution in [3.05, 3.63) is 53.6 Å². The minimum Gasteiger partial charge on any atom is -0.435 e. The van der Waals surface area contributed by atoms with Crippen molar-refractivity contribution in [3.8, 4) is 5.75 Å². The number of nitrogens with zero attached hydrogens (tertiary/aromatic N) is 1. The molecule has 0 unspecified atom stereocenters. The standard InChI is InChI=1S/C19H20F2N2O4S/c1-13(24)23-10-2-3-15-11-17(8-9-18(15)23)28(25,26)22-12-14-4-6-16(7-5-14)27-19(20)21/h4-9,11,19,22H,2-3,10,12H2,1H3. The number of ether oxygens (including phenoxy) is 1. The average Bonchev–Trinajstić information content (AvgIpc) is 2.66. The topological polar surface area (TPSA) is 75.7 Å². The number of hydrogen-bond donors (Lipinski definition) is 1. The summed E-state index contributed by atoms with van der Waals surface area (Å²) in [6.45, 7) is -0.794. The molecule has 6 nitrogen and oxygen atoms in total. The van der Waals surface area contributed by atoms with E-state index in [0.29, 0.717) is 18.5 Å². The van der Waals surface area contributed by atoms with Crippen LogP contribution in [0, 0.1) is 0 Å². The van der Waals surface area contributed by atoms with Crippen LogP contribution in [-0.2, 0) is 27.8 Å². The number of benzene rings is 2. The lowest BCUT2D eigenvalue weighted by atomic mass is 10.0. The summed E-state index contributed by atoms with van der Waals surface area (Å²) in [7, 11) is -3.76. The Bertz CT molecular complexity index is 962. The zero-order valence-corrected chi connectivity index (χ0v) is 16.0. The SMILES string of the molecule is CC(=O)N1CCCc2cc(S(=O)(=O)NCc3ccc(OC(F)F)cc3)ccc21. The second-order valence-corrected chi connectivity index (χ2v) is 8.18. The largest absolute Gasteiger partial charge is 0.435 e. The molecule has 1 aliphatic heterocycles. The van der Waals surface area contributed by atoms with Gasteiger partial charge in [-0.1, -0.05) is 12.1 Å². The van der Waals surface area contributed by atoms with E-state index >= 15 is 0 Å². The molecule has 3 rings (SSSR count). The summed E-state index contributed by atoms with van der Waals surface area (Å²) in [5, 5.41) is 0. The van der Waals surface area contributed by atoms with Crippen LogP contribution in [0.5, 0.6) is 5.75 Å². The first-order chi connectivity index (χ1) is 13.3. The van der Waals surface area contributed by atoms with E-state index in [9.17, 15) is 22.0 Å². The number of aryl methyl sites for hydroxylation is 1. The average molecular weight is 410 g/mol. The molecule has 1 aliphatic rings. The van der Waals surface area contributed by atoms with Crippen molar-refractivity contribution in [2.24, 2.45) is 0 Å². The van der Waals surface area contributed by atoms with Gasteiger partial charge in [0, 0.05) is 25.7 Å². The van der Waals surface area contributed by atoms with Crippen LogP contribution in [0.4, 0.5) is 14.5 Å². The molecule has 0 saturated carbocycles. The molecule has 150 valence electrons. The minimum atomic E-state index is -3.76. The number of fused-ring (bicyclic) bond motifs is 1. The van der Waals surface area contributed by atoms with Crippen LogP contribution >= 0.6 is 0 Å². The summed E-state index contributed by atoms with van der Waals surface area (Å²) in [4.78, 5) is 13.5. The summed E-state index contributed by atoms with van der Waals surface area (Å²) >= 11 is 0. The zero-order chi connectivity index (χ0) is 20.3. The predicted molar refractivity (Wildman–Crippen MR) is 99.9 cm³/mol. The highest BCUT2D eigenvalue weighted by molar-refractivity contribution is 7.89. The number of amides is 1. The molecule has 0 saturated heterocycles. The van der Waals surface area contributed by atoms with E-state index in [1.807, 2.05) is 0 Å². The molecular weight excluding hydrogens is 390 g/mol. The highest BCUT2D eigenvalue weighted by Gasteiger charge is 2.23. The number of carbonyl (C=O) groups excluding carboxylic acids is 1. The van der Waals surface area contributed by atoms with Crippen LogP contribution in [0.15, 0.2) is 47.4 Å². The van der Waals surface area contributed by atoms with Crippen molar-refractivity contribution in [2.75, 3.05) is 11.4 Å². The lowest BCUT2D eigenvalue weighted by molar-refractivity contribution is -0.116. The number of rotatable bonds is 6. The number of nitrogens with one attached hydrogen (secondary N) is 1. The van der Waals surface area contributed by atoms with Gasteiger partial charge in [-0.15, -0.1) is 0 Å². The zero-order valence-electron chi connectivity index (χ0n) is 15.2. The van der Waals surface area contributed by atoms with E-state index < -0.39 is 16.6 Å². The van der Waals surface area contributed by atoms with Gasteiger partial charge >= 0.3 is 6.61 Å². The smallest absolute Gasteiger partial charge is 0.387 e. The molecule has 0 aromatic heterocycles. The second kappa shape index (κ2) is 8.24. The Kier molecular flexibility index (Phi) is 5.95. The molecular formula is C19H20F2N2O4S. The third-order valence-corrected chi connectivity index (χ3v) is 5.87. The Labute approximate surface area is 162 Å². The molecule has 0 spiro atoms. The van der Waals surface area contributed by atoms with E-state index in [-0.39, 0.29) is 23.1 Å². The molecule has 1 amide bonds. The number of alkyl halides is 2. The molecule has 9 heteroatoms. The normalized spacial score (nSPS) is 14.1. The van der Waals surface area contributed by atoms with Crippen LogP contribution in [0.3, 0.4) is 0 Å². The maximum atomic E-state index is 12.6. The van der Waals surface area contributed by atoms with Crippen molar-refractivity contribution >= 4 is 21.6 Å². The van der Waals surface area contributed by atoms with Gasteiger partial charge in [0.1, 0.15) is 5.75 Å². The highest BCUT2D eigenvalue weighted by Crippen LogP contribution is 2.29. The molecule has 1 heterocycles. The summed E-state index contributed by atoms with van der Waals surface area (Å²) in [5.41, 5.74) is 2.16. The Morgan fingerprint density at radius 1 is 1.21 bits per heavy atom. The van der Waals surface area contributed by atoms with Gasteiger partial charge in [-0.25, -0.2) is 13.1 Å². The first-order valence-corrected chi connectivity index (χ1v) is 10.2.